The zero-order chi connectivity index (χ0) is 21.9. The van der Waals surface area contributed by atoms with E-state index < -0.39 is 32.7 Å². The fraction of sp³-hybridized carbons (Fsp3) is 0.200. The molecule has 0 fully saturated rings. The summed E-state index contributed by atoms with van der Waals surface area (Å²) < 4.78 is 54.5. The molecule has 0 aliphatic rings. The second kappa shape index (κ2) is 8.99. The molecule has 0 spiro atoms. The second-order valence-corrected chi connectivity index (χ2v) is 9.32. The summed E-state index contributed by atoms with van der Waals surface area (Å²) >= 11 is 1.18. The standard InChI is InChI=1S/C20H19F2N3O3S2/c1-12-17(11-14-7-3-4-8-15(14)21)29-20(23-12)24-19(26)13(2)25-30(27,28)18-10-6-5-9-16(18)22/h3-10,13,25H,11H2,1-2H3,(H,23,24,26)/t13-/m0/s1. The number of nitrogens with one attached hydrogen (secondary N) is 2. The van der Waals surface area contributed by atoms with Crippen molar-refractivity contribution in [1.82, 2.24) is 9.71 Å². The summed E-state index contributed by atoms with van der Waals surface area (Å²) in [6.07, 6.45) is 0.321. The monoisotopic (exact) mass is 451 g/mol. The highest BCUT2D eigenvalue weighted by atomic mass is 32.2. The lowest BCUT2D eigenvalue weighted by Crippen LogP contribution is -2.41. The molecule has 0 bridgehead atoms. The molecule has 3 aromatic rings. The highest BCUT2D eigenvalue weighted by Gasteiger charge is 2.25. The van der Waals surface area contributed by atoms with Gasteiger partial charge in [-0.05, 0) is 37.6 Å². The Labute approximate surface area is 177 Å². The number of thiazole rings is 1. The molecule has 1 heterocycles. The SMILES string of the molecule is Cc1nc(NC(=O)[C@H](C)NS(=O)(=O)c2ccccc2F)sc1Cc1ccccc1F. The first-order chi connectivity index (χ1) is 14.2. The average molecular weight is 452 g/mol. The van der Waals surface area contributed by atoms with Crippen molar-refractivity contribution in [1.29, 1.82) is 0 Å². The number of aromatic nitrogens is 1. The van der Waals surface area contributed by atoms with Crippen LogP contribution in [-0.2, 0) is 21.2 Å². The number of aryl methyl sites for hydroxylation is 1. The van der Waals surface area contributed by atoms with Crippen LogP contribution in [0.2, 0.25) is 0 Å². The highest BCUT2D eigenvalue weighted by Crippen LogP contribution is 2.26. The Hall–Kier alpha value is -2.69. The maximum absolute atomic E-state index is 13.9. The molecule has 30 heavy (non-hydrogen) atoms. The van der Waals surface area contributed by atoms with Gasteiger partial charge in [0.2, 0.25) is 15.9 Å². The molecule has 6 nitrogen and oxygen atoms in total. The van der Waals surface area contributed by atoms with Crippen LogP contribution in [0.25, 0.3) is 0 Å². The third-order valence-corrected chi connectivity index (χ3v) is 6.93. The van der Waals surface area contributed by atoms with E-state index in [1.807, 2.05) is 0 Å². The fourth-order valence-corrected chi connectivity index (χ4v) is 4.96. The molecule has 0 saturated carbocycles. The fourth-order valence-electron chi connectivity index (χ4n) is 2.69. The first kappa shape index (κ1) is 22.0. The Morgan fingerprint density at radius 2 is 1.73 bits per heavy atom. The van der Waals surface area contributed by atoms with E-state index in [2.05, 4.69) is 15.0 Å². The van der Waals surface area contributed by atoms with E-state index in [0.717, 1.165) is 17.0 Å². The molecule has 0 aliphatic carbocycles. The normalized spacial score (nSPS) is 12.5. The molecule has 0 unspecified atom stereocenters. The lowest BCUT2D eigenvalue weighted by molar-refractivity contribution is -0.117. The van der Waals surface area contributed by atoms with Gasteiger partial charge < -0.3 is 5.32 Å². The summed E-state index contributed by atoms with van der Waals surface area (Å²) in [5, 5.41) is 2.81. The first-order valence-corrected chi connectivity index (χ1v) is 11.2. The largest absolute Gasteiger partial charge is 0.301 e. The Morgan fingerprint density at radius 1 is 1.10 bits per heavy atom. The van der Waals surface area contributed by atoms with Crippen LogP contribution < -0.4 is 10.0 Å². The van der Waals surface area contributed by atoms with Gasteiger partial charge in [0, 0.05) is 11.3 Å². The van der Waals surface area contributed by atoms with Crippen molar-refractivity contribution < 1.29 is 22.0 Å². The number of anilines is 1. The number of benzene rings is 2. The number of hydrogen-bond acceptors (Lipinski definition) is 5. The van der Waals surface area contributed by atoms with Gasteiger partial charge in [0.1, 0.15) is 16.5 Å². The Bertz CT molecular complexity index is 1180. The molecular weight excluding hydrogens is 432 g/mol. The van der Waals surface area contributed by atoms with Crippen LogP contribution >= 0.6 is 11.3 Å². The van der Waals surface area contributed by atoms with Crippen LogP contribution in [0, 0.1) is 18.6 Å². The highest BCUT2D eigenvalue weighted by molar-refractivity contribution is 7.89. The van der Waals surface area contributed by atoms with Gasteiger partial charge >= 0.3 is 0 Å². The molecule has 2 N–H and O–H groups in total. The molecule has 10 heteroatoms. The molecule has 0 radical (unpaired) electrons. The van der Waals surface area contributed by atoms with E-state index in [-0.39, 0.29) is 10.9 Å². The minimum atomic E-state index is -4.22. The second-order valence-electron chi connectivity index (χ2n) is 6.56. The zero-order valence-electron chi connectivity index (χ0n) is 16.1. The van der Waals surface area contributed by atoms with Crippen molar-refractivity contribution in [3.05, 3.63) is 76.3 Å². The van der Waals surface area contributed by atoms with Gasteiger partial charge in [-0.25, -0.2) is 22.2 Å². The summed E-state index contributed by atoms with van der Waals surface area (Å²) in [5.41, 5.74) is 1.14. The third-order valence-electron chi connectivity index (χ3n) is 4.28. The Kier molecular flexibility index (Phi) is 6.59. The maximum Gasteiger partial charge on any atom is 0.244 e. The van der Waals surface area contributed by atoms with Gasteiger partial charge in [0.15, 0.2) is 5.13 Å². The molecule has 0 aliphatic heterocycles. The van der Waals surface area contributed by atoms with Gasteiger partial charge in [-0.2, -0.15) is 4.72 Å². The van der Waals surface area contributed by atoms with Crippen molar-refractivity contribution in [3.8, 4) is 0 Å². The van der Waals surface area contributed by atoms with Crippen molar-refractivity contribution >= 4 is 32.4 Å². The summed E-state index contributed by atoms with van der Waals surface area (Å²) in [7, 11) is -4.22. The van der Waals surface area contributed by atoms with Crippen molar-refractivity contribution in [2.24, 2.45) is 0 Å². The summed E-state index contributed by atoms with van der Waals surface area (Å²) in [5.74, 6) is -1.89. The minimum Gasteiger partial charge on any atom is -0.301 e. The maximum atomic E-state index is 13.9. The summed E-state index contributed by atoms with van der Waals surface area (Å²) in [6, 6.07) is 10.1. The van der Waals surface area contributed by atoms with Crippen LogP contribution in [0.5, 0.6) is 0 Å². The van der Waals surface area contributed by atoms with E-state index >= 15 is 0 Å². The molecule has 1 amide bonds. The zero-order valence-corrected chi connectivity index (χ0v) is 17.8. The van der Waals surface area contributed by atoms with Crippen LogP contribution in [-0.4, -0.2) is 25.4 Å². The lowest BCUT2D eigenvalue weighted by atomic mass is 10.1. The number of halogens is 2. The van der Waals surface area contributed by atoms with Crippen molar-refractivity contribution in [2.45, 2.75) is 31.2 Å². The number of hydrogen-bond donors (Lipinski definition) is 2. The molecular formula is C20H19F2N3O3S2. The number of sulfonamides is 1. The average Bonchev–Trinajstić information content (AvgIpc) is 3.02. The summed E-state index contributed by atoms with van der Waals surface area (Å²) in [4.78, 5) is 16.9. The molecule has 158 valence electrons. The molecule has 0 saturated heterocycles. The number of rotatable bonds is 7. The number of carbonyl (C=O) groups is 1. The van der Waals surface area contributed by atoms with Gasteiger partial charge in [-0.3, -0.25) is 4.79 Å². The van der Waals surface area contributed by atoms with Crippen LogP contribution in [0.3, 0.4) is 0 Å². The molecule has 1 atom stereocenters. The van der Waals surface area contributed by atoms with Gasteiger partial charge in [-0.1, -0.05) is 30.3 Å². The minimum absolute atomic E-state index is 0.265. The quantitative estimate of drug-likeness (QED) is 0.574. The van der Waals surface area contributed by atoms with E-state index in [1.165, 1.54) is 36.5 Å². The lowest BCUT2D eigenvalue weighted by Gasteiger charge is -2.13. The van der Waals surface area contributed by atoms with E-state index in [0.29, 0.717) is 17.7 Å². The molecule has 1 aromatic heterocycles. The smallest absolute Gasteiger partial charge is 0.244 e. The van der Waals surface area contributed by atoms with Gasteiger partial charge in [-0.15, -0.1) is 11.3 Å². The van der Waals surface area contributed by atoms with Crippen molar-refractivity contribution in [2.75, 3.05) is 5.32 Å². The van der Waals surface area contributed by atoms with Gasteiger partial charge in [0.05, 0.1) is 11.7 Å². The van der Waals surface area contributed by atoms with Crippen LogP contribution in [0.1, 0.15) is 23.1 Å². The summed E-state index contributed by atoms with van der Waals surface area (Å²) in [6.45, 7) is 3.08. The van der Waals surface area contributed by atoms with Crippen molar-refractivity contribution in [3.63, 3.8) is 0 Å². The predicted molar refractivity (Wildman–Crippen MR) is 111 cm³/mol. The number of carbonyl (C=O) groups excluding carboxylic acids is 1. The first-order valence-electron chi connectivity index (χ1n) is 8.95. The molecule has 2 aromatic carbocycles. The van der Waals surface area contributed by atoms with Crippen LogP contribution in [0.15, 0.2) is 53.4 Å². The number of amides is 1. The van der Waals surface area contributed by atoms with Gasteiger partial charge in [0.25, 0.3) is 0 Å². The van der Waals surface area contributed by atoms with Crippen LogP contribution in [0.4, 0.5) is 13.9 Å². The van der Waals surface area contributed by atoms with E-state index in [1.54, 1.807) is 25.1 Å². The predicted octanol–water partition coefficient (Wildman–Crippen LogP) is 3.63. The Balaban J connectivity index is 1.69. The topological polar surface area (TPSA) is 88.2 Å². The third kappa shape index (κ3) is 5.07. The van der Waals surface area contributed by atoms with E-state index in [4.69, 9.17) is 0 Å². The Morgan fingerprint density at radius 3 is 2.40 bits per heavy atom. The molecule has 3 rings (SSSR count). The number of nitrogens with zero attached hydrogens (tertiary/aromatic N) is 1. The van der Waals surface area contributed by atoms with E-state index in [9.17, 15) is 22.0 Å².